The Bertz CT molecular complexity index is 930. The fourth-order valence-electron chi connectivity index (χ4n) is 2.45. The van der Waals surface area contributed by atoms with Crippen LogP contribution < -0.4 is 21.1 Å². The molecule has 0 bridgehead atoms. The molecular weight excluding hydrogens is 350 g/mol. The molecular formula is C20H18ClN3O2. The van der Waals surface area contributed by atoms with Crippen molar-refractivity contribution in [1.82, 2.24) is 0 Å². The third-order valence-corrected chi connectivity index (χ3v) is 4.11. The molecule has 3 rings (SSSR count). The van der Waals surface area contributed by atoms with Crippen molar-refractivity contribution in [3.8, 4) is 5.75 Å². The smallest absolute Gasteiger partial charge is 0.257 e. The van der Waals surface area contributed by atoms with E-state index in [9.17, 15) is 4.79 Å². The number of benzene rings is 3. The van der Waals surface area contributed by atoms with Gasteiger partial charge in [0.15, 0.2) is 0 Å². The highest BCUT2D eigenvalue weighted by molar-refractivity contribution is 6.34. The van der Waals surface area contributed by atoms with E-state index in [1.165, 1.54) is 0 Å². The molecule has 0 radical (unpaired) electrons. The number of carbonyl (C=O) groups excluding carboxylic acids is 1. The van der Waals surface area contributed by atoms with E-state index in [-0.39, 0.29) is 5.91 Å². The maximum absolute atomic E-state index is 12.5. The molecule has 0 heterocycles. The quantitative estimate of drug-likeness (QED) is 0.559. The number of amides is 1. The summed E-state index contributed by atoms with van der Waals surface area (Å²) in [6, 6.07) is 19.9. The molecule has 3 aromatic rings. The summed E-state index contributed by atoms with van der Waals surface area (Å²) in [7, 11) is 1.54. The van der Waals surface area contributed by atoms with Gasteiger partial charge in [-0.15, -0.1) is 0 Å². The number of anilines is 4. The van der Waals surface area contributed by atoms with Gasteiger partial charge in [0.25, 0.3) is 5.91 Å². The third kappa shape index (κ3) is 4.07. The van der Waals surface area contributed by atoms with Crippen LogP contribution in [0.5, 0.6) is 5.75 Å². The standard InChI is InChI=1S/C20H18ClN3O2/c1-26-15-8-9-16(18(22)12-15)20(25)24-19-11-14(7-10-17(19)21)23-13-5-3-2-4-6-13/h2-12,23H,22H2,1H3,(H,24,25). The van der Waals surface area contributed by atoms with Gasteiger partial charge in [-0.1, -0.05) is 29.8 Å². The molecule has 0 aliphatic rings. The normalized spacial score (nSPS) is 10.2. The maximum Gasteiger partial charge on any atom is 0.257 e. The highest BCUT2D eigenvalue weighted by atomic mass is 35.5. The molecule has 26 heavy (non-hydrogen) atoms. The second-order valence-corrected chi connectivity index (χ2v) is 6.00. The SMILES string of the molecule is COc1ccc(C(=O)Nc2cc(Nc3ccccc3)ccc2Cl)c(N)c1. The zero-order valence-electron chi connectivity index (χ0n) is 14.1. The summed E-state index contributed by atoms with van der Waals surface area (Å²) in [6.45, 7) is 0. The van der Waals surface area contributed by atoms with Crippen molar-refractivity contribution < 1.29 is 9.53 Å². The van der Waals surface area contributed by atoms with Crippen molar-refractivity contribution in [3.63, 3.8) is 0 Å². The van der Waals surface area contributed by atoms with Crippen LogP contribution in [-0.4, -0.2) is 13.0 Å². The number of ether oxygens (including phenoxy) is 1. The highest BCUT2D eigenvalue weighted by Gasteiger charge is 2.13. The van der Waals surface area contributed by atoms with E-state index in [4.69, 9.17) is 22.1 Å². The van der Waals surface area contributed by atoms with Gasteiger partial charge in [0.2, 0.25) is 0 Å². The summed E-state index contributed by atoms with van der Waals surface area (Å²) in [5, 5.41) is 6.49. The number of hydrogen-bond acceptors (Lipinski definition) is 4. The summed E-state index contributed by atoms with van der Waals surface area (Å²) in [5.74, 6) is 0.245. The van der Waals surface area contributed by atoms with Crippen LogP contribution >= 0.6 is 11.6 Å². The lowest BCUT2D eigenvalue weighted by Gasteiger charge is -2.12. The highest BCUT2D eigenvalue weighted by Crippen LogP contribution is 2.29. The minimum atomic E-state index is -0.344. The van der Waals surface area contributed by atoms with Crippen LogP contribution in [0.25, 0.3) is 0 Å². The van der Waals surface area contributed by atoms with Crippen LogP contribution in [0.4, 0.5) is 22.7 Å². The molecule has 4 N–H and O–H groups in total. The lowest BCUT2D eigenvalue weighted by Crippen LogP contribution is -2.14. The maximum atomic E-state index is 12.5. The Hall–Kier alpha value is -3.18. The van der Waals surface area contributed by atoms with Gasteiger partial charge in [-0.25, -0.2) is 0 Å². The molecule has 3 aromatic carbocycles. The van der Waals surface area contributed by atoms with Gasteiger partial charge < -0.3 is 21.1 Å². The topological polar surface area (TPSA) is 76.4 Å². The molecule has 132 valence electrons. The number of carbonyl (C=O) groups is 1. The van der Waals surface area contributed by atoms with E-state index < -0.39 is 0 Å². The van der Waals surface area contributed by atoms with Gasteiger partial charge in [-0.05, 0) is 42.5 Å². The van der Waals surface area contributed by atoms with E-state index in [0.717, 1.165) is 11.4 Å². The molecule has 0 saturated heterocycles. The summed E-state index contributed by atoms with van der Waals surface area (Å²) in [4.78, 5) is 12.5. The zero-order chi connectivity index (χ0) is 18.5. The number of nitrogen functional groups attached to an aromatic ring is 1. The number of methoxy groups -OCH3 is 1. The average Bonchev–Trinajstić information content (AvgIpc) is 2.65. The average molecular weight is 368 g/mol. The van der Waals surface area contributed by atoms with Gasteiger partial charge in [0, 0.05) is 23.1 Å². The van der Waals surface area contributed by atoms with Crippen molar-refractivity contribution >= 4 is 40.3 Å². The molecule has 0 aromatic heterocycles. The summed E-state index contributed by atoms with van der Waals surface area (Å²) < 4.78 is 5.10. The molecule has 0 fully saturated rings. The molecule has 0 unspecified atom stereocenters. The minimum absolute atomic E-state index is 0.330. The second kappa shape index (κ2) is 7.80. The van der Waals surface area contributed by atoms with E-state index in [1.54, 1.807) is 37.4 Å². The fourth-order valence-corrected chi connectivity index (χ4v) is 2.62. The first-order valence-electron chi connectivity index (χ1n) is 7.93. The van der Waals surface area contributed by atoms with Crippen LogP contribution in [0, 0.1) is 0 Å². The van der Waals surface area contributed by atoms with Crippen molar-refractivity contribution in [2.75, 3.05) is 23.5 Å². The van der Waals surface area contributed by atoms with E-state index in [2.05, 4.69) is 10.6 Å². The first-order valence-corrected chi connectivity index (χ1v) is 8.31. The van der Waals surface area contributed by atoms with Crippen LogP contribution in [0.15, 0.2) is 66.7 Å². The van der Waals surface area contributed by atoms with E-state index in [0.29, 0.717) is 27.7 Å². The van der Waals surface area contributed by atoms with Crippen molar-refractivity contribution in [2.45, 2.75) is 0 Å². The number of nitrogens with two attached hydrogens (primary N) is 1. The Kier molecular flexibility index (Phi) is 5.29. The Morgan fingerprint density at radius 3 is 2.46 bits per heavy atom. The zero-order valence-corrected chi connectivity index (χ0v) is 14.9. The minimum Gasteiger partial charge on any atom is -0.497 e. The fraction of sp³-hybridized carbons (Fsp3) is 0.0500. The van der Waals surface area contributed by atoms with Gasteiger partial charge >= 0.3 is 0 Å². The number of hydrogen-bond donors (Lipinski definition) is 3. The number of para-hydroxylation sites is 1. The molecule has 0 aliphatic carbocycles. The van der Waals surface area contributed by atoms with Crippen molar-refractivity contribution in [3.05, 3.63) is 77.3 Å². The second-order valence-electron chi connectivity index (χ2n) is 5.59. The third-order valence-electron chi connectivity index (χ3n) is 3.78. The van der Waals surface area contributed by atoms with E-state index >= 15 is 0 Å². The van der Waals surface area contributed by atoms with Crippen molar-refractivity contribution in [2.24, 2.45) is 0 Å². The van der Waals surface area contributed by atoms with Crippen LogP contribution in [0.1, 0.15) is 10.4 Å². The van der Waals surface area contributed by atoms with E-state index in [1.807, 2.05) is 36.4 Å². The molecule has 0 aliphatic heterocycles. The number of nitrogens with one attached hydrogen (secondary N) is 2. The summed E-state index contributed by atoms with van der Waals surface area (Å²) in [6.07, 6.45) is 0. The van der Waals surface area contributed by atoms with Crippen LogP contribution in [0.3, 0.4) is 0 Å². The Morgan fingerprint density at radius 2 is 1.77 bits per heavy atom. The number of halogens is 1. The Morgan fingerprint density at radius 1 is 1.00 bits per heavy atom. The predicted octanol–water partition coefficient (Wildman–Crippen LogP) is 4.93. The molecule has 6 heteroatoms. The lowest BCUT2D eigenvalue weighted by molar-refractivity contribution is 0.102. The summed E-state index contributed by atoms with van der Waals surface area (Å²) >= 11 is 6.22. The van der Waals surface area contributed by atoms with Gasteiger partial charge in [0.05, 0.1) is 23.4 Å². The largest absolute Gasteiger partial charge is 0.497 e. The first kappa shape index (κ1) is 17.6. The van der Waals surface area contributed by atoms with Crippen LogP contribution in [0.2, 0.25) is 5.02 Å². The predicted molar refractivity (Wildman–Crippen MR) is 107 cm³/mol. The first-order chi connectivity index (χ1) is 12.6. The molecule has 0 saturated carbocycles. The van der Waals surface area contributed by atoms with Gasteiger partial charge in [-0.3, -0.25) is 4.79 Å². The molecule has 1 amide bonds. The Labute approximate surface area is 156 Å². The summed E-state index contributed by atoms with van der Waals surface area (Å²) in [5.41, 5.74) is 8.85. The lowest BCUT2D eigenvalue weighted by atomic mass is 10.1. The number of rotatable bonds is 5. The molecule has 0 atom stereocenters. The molecule has 5 nitrogen and oxygen atoms in total. The van der Waals surface area contributed by atoms with Crippen molar-refractivity contribution in [1.29, 1.82) is 0 Å². The Balaban J connectivity index is 1.80. The molecule has 0 spiro atoms. The van der Waals surface area contributed by atoms with Gasteiger partial charge in [-0.2, -0.15) is 0 Å². The van der Waals surface area contributed by atoms with Crippen LogP contribution in [-0.2, 0) is 0 Å². The monoisotopic (exact) mass is 367 g/mol. The van der Waals surface area contributed by atoms with Gasteiger partial charge in [0.1, 0.15) is 5.75 Å².